The van der Waals surface area contributed by atoms with Gasteiger partial charge in [0.15, 0.2) is 0 Å². The van der Waals surface area contributed by atoms with Crippen LogP contribution in [0.15, 0.2) is 23.1 Å². The average Bonchev–Trinajstić information content (AvgIpc) is 2.82. The predicted molar refractivity (Wildman–Crippen MR) is 130 cm³/mol. The highest BCUT2D eigenvalue weighted by atomic mass is 35.5. The third-order valence-electron chi connectivity index (χ3n) is 6.05. The Hall–Kier alpha value is -0.620. The van der Waals surface area contributed by atoms with Crippen LogP contribution in [0, 0.1) is 0 Å². The van der Waals surface area contributed by atoms with Gasteiger partial charge in [-0.15, -0.1) is 11.8 Å². The number of fused-ring (bicyclic) bond motifs is 2. The van der Waals surface area contributed by atoms with Crippen molar-refractivity contribution in [1.82, 2.24) is 4.90 Å². The van der Waals surface area contributed by atoms with Crippen molar-refractivity contribution in [3.63, 3.8) is 0 Å². The van der Waals surface area contributed by atoms with Crippen LogP contribution in [0.3, 0.4) is 0 Å². The van der Waals surface area contributed by atoms with Crippen LogP contribution < -0.4 is 4.90 Å². The van der Waals surface area contributed by atoms with Gasteiger partial charge in [-0.25, -0.2) is 0 Å². The Balaban J connectivity index is 1.97. The molecule has 2 aliphatic rings. The van der Waals surface area contributed by atoms with Crippen molar-refractivity contribution in [3.05, 3.63) is 23.2 Å². The van der Waals surface area contributed by atoms with Crippen LogP contribution >= 0.6 is 23.4 Å². The first-order valence-electron chi connectivity index (χ1n) is 11.4. The lowest BCUT2D eigenvalue weighted by atomic mass is 9.98. The van der Waals surface area contributed by atoms with E-state index in [1.165, 1.54) is 0 Å². The highest BCUT2D eigenvalue weighted by Gasteiger charge is 2.52. The zero-order chi connectivity index (χ0) is 23.8. The van der Waals surface area contributed by atoms with Crippen molar-refractivity contribution in [3.8, 4) is 0 Å². The number of ether oxygens (including phenoxy) is 6. The summed E-state index contributed by atoms with van der Waals surface area (Å²) in [6.07, 6.45) is -1.22. The van der Waals surface area contributed by atoms with Crippen molar-refractivity contribution >= 4 is 29.1 Å². The summed E-state index contributed by atoms with van der Waals surface area (Å²) in [7, 11) is 4.89. The minimum atomic E-state index is -0.368. The molecule has 0 spiro atoms. The second-order valence-corrected chi connectivity index (χ2v) is 9.67. The van der Waals surface area contributed by atoms with E-state index in [0.29, 0.717) is 11.6 Å². The molecule has 0 amide bonds. The molecular formula is C23H37ClN2O6S. The minimum Gasteiger partial charge on any atom is -0.382 e. The van der Waals surface area contributed by atoms with Crippen LogP contribution in [0.25, 0.3) is 0 Å². The van der Waals surface area contributed by atoms with E-state index < -0.39 is 0 Å². The molecule has 0 saturated carbocycles. The lowest BCUT2D eigenvalue weighted by molar-refractivity contribution is -0.241. The van der Waals surface area contributed by atoms with Crippen molar-refractivity contribution in [2.24, 2.45) is 0 Å². The second kappa shape index (κ2) is 13.5. The Morgan fingerprint density at radius 1 is 1.03 bits per heavy atom. The topological polar surface area (TPSA) is 61.9 Å². The van der Waals surface area contributed by atoms with Gasteiger partial charge in [-0.2, -0.15) is 0 Å². The fraction of sp³-hybridized carbons (Fsp3) is 0.739. The van der Waals surface area contributed by atoms with E-state index in [4.69, 9.17) is 40.0 Å². The van der Waals surface area contributed by atoms with Gasteiger partial charge in [0.25, 0.3) is 0 Å². The van der Waals surface area contributed by atoms with Gasteiger partial charge in [0.1, 0.15) is 38.1 Å². The molecule has 10 heteroatoms. The zero-order valence-electron chi connectivity index (χ0n) is 20.2. The molecule has 188 valence electrons. The largest absolute Gasteiger partial charge is 0.382 e. The molecule has 1 fully saturated rings. The lowest BCUT2D eigenvalue weighted by Crippen LogP contribution is -2.65. The highest BCUT2D eigenvalue weighted by Crippen LogP contribution is 2.48. The number of rotatable bonds is 13. The van der Waals surface area contributed by atoms with Crippen LogP contribution in [-0.2, 0) is 28.4 Å². The van der Waals surface area contributed by atoms with E-state index >= 15 is 0 Å². The molecule has 1 aromatic carbocycles. The first-order valence-corrected chi connectivity index (χ1v) is 12.6. The molecule has 1 aromatic rings. The monoisotopic (exact) mass is 504 g/mol. The van der Waals surface area contributed by atoms with Gasteiger partial charge >= 0.3 is 0 Å². The molecule has 2 heterocycles. The van der Waals surface area contributed by atoms with Crippen LogP contribution in [0.5, 0.6) is 0 Å². The molecule has 0 N–H and O–H groups in total. The number of nitrogens with zero attached hydrogens (tertiary/aromatic N) is 2. The summed E-state index contributed by atoms with van der Waals surface area (Å²) >= 11 is 8.14. The SMILES string of the molecule is CCN(CC)CCN1c2cc(Cl)ccc2S[C@H]2[C@@H](OCOC)[C@H](OCOC)[C@@H](COC)O[C@H]21. The lowest BCUT2D eigenvalue weighted by Gasteiger charge is -2.52. The smallest absolute Gasteiger partial charge is 0.146 e. The predicted octanol–water partition coefficient (Wildman–Crippen LogP) is 3.31. The van der Waals surface area contributed by atoms with Crippen LogP contribution in [0.2, 0.25) is 5.02 Å². The van der Waals surface area contributed by atoms with E-state index in [9.17, 15) is 0 Å². The normalized spacial score (nSPS) is 27.0. The summed E-state index contributed by atoms with van der Waals surface area (Å²) < 4.78 is 34.9. The molecule has 3 rings (SSSR count). The molecular weight excluding hydrogens is 468 g/mol. The number of halogens is 1. The number of anilines is 1. The Morgan fingerprint density at radius 3 is 2.36 bits per heavy atom. The van der Waals surface area contributed by atoms with Gasteiger partial charge < -0.3 is 38.2 Å². The molecule has 5 atom stereocenters. The molecule has 2 aliphatic heterocycles. The Bertz CT molecular complexity index is 728. The quantitative estimate of drug-likeness (QED) is 0.376. The standard InChI is InChI=1S/C23H37ClN2O6S/c1-6-25(7-2)10-11-26-17-12-16(24)8-9-19(17)33-22-21(31-15-29-5)20(30-14-28-4)18(13-27-3)32-23(22)26/h8-9,12,18,20-23H,6-7,10-11,13-15H2,1-5H3/t18-,20-,21+,22+,23-/m1/s1. The molecule has 0 unspecified atom stereocenters. The van der Waals surface area contributed by atoms with Crippen LogP contribution in [0.4, 0.5) is 5.69 Å². The first-order chi connectivity index (χ1) is 16.1. The van der Waals surface area contributed by atoms with Gasteiger partial charge in [0.05, 0.1) is 17.5 Å². The Labute approximate surface area is 206 Å². The third-order valence-corrected chi connectivity index (χ3v) is 7.66. The average molecular weight is 505 g/mol. The van der Waals surface area contributed by atoms with E-state index in [0.717, 1.165) is 36.8 Å². The number of hydrogen-bond donors (Lipinski definition) is 0. The molecule has 0 bridgehead atoms. The van der Waals surface area contributed by atoms with Gasteiger partial charge in [-0.05, 0) is 31.3 Å². The van der Waals surface area contributed by atoms with Gasteiger partial charge in [0.2, 0.25) is 0 Å². The second-order valence-electron chi connectivity index (χ2n) is 8.01. The molecule has 33 heavy (non-hydrogen) atoms. The fourth-order valence-electron chi connectivity index (χ4n) is 4.39. The Kier molecular flexibility index (Phi) is 11.0. The third kappa shape index (κ3) is 6.54. The number of hydrogen-bond acceptors (Lipinski definition) is 9. The minimum absolute atomic E-state index is 0.0412. The van der Waals surface area contributed by atoms with Gasteiger partial charge in [0, 0.05) is 44.3 Å². The zero-order valence-corrected chi connectivity index (χ0v) is 21.8. The Morgan fingerprint density at radius 2 is 1.73 bits per heavy atom. The summed E-state index contributed by atoms with van der Waals surface area (Å²) in [6.45, 7) is 8.75. The molecule has 0 radical (unpaired) electrons. The summed E-state index contributed by atoms with van der Waals surface area (Å²) in [6, 6.07) is 6.02. The summed E-state index contributed by atoms with van der Waals surface area (Å²) in [5.41, 5.74) is 1.08. The van der Waals surface area contributed by atoms with Crippen LogP contribution in [0.1, 0.15) is 13.8 Å². The number of methoxy groups -OCH3 is 3. The van der Waals surface area contributed by atoms with E-state index in [2.05, 4.69) is 29.7 Å². The number of likely N-dealkylation sites (N-methyl/N-ethyl adjacent to an activating group) is 1. The summed E-state index contributed by atoms with van der Waals surface area (Å²) in [4.78, 5) is 5.87. The maximum atomic E-state index is 6.68. The van der Waals surface area contributed by atoms with Crippen molar-refractivity contribution in [2.45, 2.75) is 48.5 Å². The molecule has 1 saturated heterocycles. The molecule has 0 aromatic heterocycles. The van der Waals surface area contributed by atoms with Gasteiger partial charge in [-0.1, -0.05) is 25.4 Å². The summed E-state index contributed by atoms with van der Waals surface area (Å²) in [5, 5.41) is 0.666. The number of thioether (sulfide) groups is 1. The maximum absolute atomic E-state index is 6.68. The molecule has 0 aliphatic carbocycles. The number of benzene rings is 1. The first kappa shape index (κ1) is 27.0. The van der Waals surface area contributed by atoms with Gasteiger partial charge in [-0.3, -0.25) is 0 Å². The fourth-order valence-corrected chi connectivity index (χ4v) is 5.99. The van der Waals surface area contributed by atoms with Crippen molar-refractivity contribution < 1.29 is 28.4 Å². The molecule has 8 nitrogen and oxygen atoms in total. The van der Waals surface area contributed by atoms with Crippen LogP contribution in [-0.4, -0.2) is 102 Å². The highest BCUT2D eigenvalue weighted by molar-refractivity contribution is 8.00. The van der Waals surface area contributed by atoms with Crippen molar-refractivity contribution in [2.75, 3.05) is 72.6 Å². The maximum Gasteiger partial charge on any atom is 0.146 e. The van der Waals surface area contributed by atoms with Crippen molar-refractivity contribution in [1.29, 1.82) is 0 Å². The summed E-state index contributed by atoms with van der Waals surface area (Å²) in [5.74, 6) is 0. The van der Waals surface area contributed by atoms with E-state index in [1.54, 1.807) is 33.1 Å². The van der Waals surface area contributed by atoms with E-state index in [1.807, 2.05) is 12.1 Å². The van der Waals surface area contributed by atoms with E-state index in [-0.39, 0.29) is 43.4 Å².